The Morgan fingerprint density at radius 3 is 2.22 bits per heavy atom. The van der Waals surface area contributed by atoms with Crippen molar-refractivity contribution in [3.8, 4) is 5.75 Å². The highest BCUT2D eigenvalue weighted by atomic mass is 16.5. The van der Waals surface area contributed by atoms with Crippen LogP contribution in [0.4, 0.5) is 11.4 Å². The van der Waals surface area contributed by atoms with Crippen molar-refractivity contribution in [2.75, 3.05) is 16.3 Å². The number of esters is 1. The fourth-order valence-corrected chi connectivity index (χ4v) is 6.39. The Morgan fingerprint density at radius 2 is 1.56 bits per heavy atom. The van der Waals surface area contributed by atoms with Gasteiger partial charge in [0.05, 0.1) is 23.4 Å². The summed E-state index contributed by atoms with van der Waals surface area (Å²) in [5.41, 5.74) is 4.07. The second kappa shape index (κ2) is 8.15. The van der Waals surface area contributed by atoms with E-state index >= 15 is 0 Å². The van der Waals surface area contributed by atoms with Gasteiger partial charge in [0.15, 0.2) is 0 Å². The number of aryl methyl sites for hydroxylation is 3. The second-order valence-electron chi connectivity index (χ2n) is 10.6. The average molecular weight is 485 g/mol. The molecule has 3 fully saturated rings. The maximum absolute atomic E-state index is 13.1. The summed E-state index contributed by atoms with van der Waals surface area (Å²) >= 11 is 0. The molecule has 0 aromatic heterocycles. The van der Waals surface area contributed by atoms with Gasteiger partial charge in [-0.3, -0.25) is 19.2 Å². The van der Waals surface area contributed by atoms with Crippen molar-refractivity contribution in [3.63, 3.8) is 0 Å². The van der Waals surface area contributed by atoms with Gasteiger partial charge in [0, 0.05) is 18.7 Å². The van der Waals surface area contributed by atoms with Crippen molar-refractivity contribution in [2.45, 2.75) is 33.6 Å². The lowest BCUT2D eigenvalue weighted by Crippen LogP contribution is -2.33. The van der Waals surface area contributed by atoms with Gasteiger partial charge in [0.1, 0.15) is 5.75 Å². The largest absolute Gasteiger partial charge is 0.426 e. The number of allylic oxidation sites excluding steroid dienone is 2. The molecule has 1 saturated carbocycles. The molecule has 0 N–H and O–H groups in total. The van der Waals surface area contributed by atoms with Crippen LogP contribution >= 0.6 is 0 Å². The number of imide groups is 1. The molecule has 2 aliphatic carbocycles. The lowest BCUT2D eigenvalue weighted by molar-refractivity contribution is -0.139. The fraction of sp³-hybridized carbons (Fsp3) is 0.379. The second-order valence-corrected chi connectivity index (χ2v) is 10.6. The van der Waals surface area contributed by atoms with Crippen LogP contribution in [0.25, 0.3) is 0 Å². The average Bonchev–Trinajstić information content (AvgIpc) is 3.60. The summed E-state index contributed by atoms with van der Waals surface area (Å²) in [6.45, 7) is 5.99. The van der Waals surface area contributed by atoms with Gasteiger partial charge in [-0.25, -0.2) is 4.90 Å². The summed E-state index contributed by atoms with van der Waals surface area (Å²) < 4.78 is 5.64. The van der Waals surface area contributed by atoms with Gasteiger partial charge < -0.3 is 9.64 Å². The summed E-state index contributed by atoms with van der Waals surface area (Å²) in [6.07, 6.45) is 5.13. The minimum Gasteiger partial charge on any atom is -0.426 e. The normalized spacial score (nSPS) is 28.4. The Kier molecular flexibility index (Phi) is 5.14. The first kappa shape index (κ1) is 22.7. The number of benzene rings is 2. The molecule has 0 unspecified atom stereocenters. The van der Waals surface area contributed by atoms with Crippen molar-refractivity contribution in [1.82, 2.24) is 0 Å². The minimum absolute atomic E-state index is 0.0964. The first-order valence-electron chi connectivity index (χ1n) is 12.5. The number of fused-ring (bicyclic) bond motifs is 5. The Bertz CT molecular complexity index is 1330. The number of ether oxygens (including phenoxy) is 1. The molecule has 2 saturated heterocycles. The number of hydrogen-bond acceptors (Lipinski definition) is 5. The molecule has 2 aromatic carbocycles. The monoisotopic (exact) mass is 484 g/mol. The molecule has 0 spiro atoms. The maximum Gasteiger partial charge on any atom is 0.316 e. The van der Waals surface area contributed by atoms with Gasteiger partial charge in [0.25, 0.3) is 0 Å². The van der Waals surface area contributed by atoms with E-state index < -0.39 is 11.9 Å². The van der Waals surface area contributed by atoms with Crippen LogP contribution in [-0.4, -0.2) is 30.2 Å². The van der Waals surface area contributed by atoms with E-state index in [2.05, 4.69) is 12.2 Å². The number of carbonyl (C=O) groups is 4. The van der Waals surface area contributed by atoms with Crippen LogP contribution in [0.1, 0.15) is 29.5 Å². The summed E-state index contributed by atoms with van der Waals surface area (Å²) in [5, 5.41) is 0. The van der Waals surface area contributed by atoms with Crippen LogP contribution in [0.15, 0.2) is 48.6 Å². The van der Waals surface area contributed by atoms with E-state index in [9.17, 15) is 19.2 Å². The summed E-state index contributed by atoms with van der Waals surface area (Å²) in [5.74, 6) is -1.28. The smallest absolute Gasteiger partial charge is 0.316 e. The van der Waals surface area contributed by atoms with E-state index in [1.165, 1.54) is 4.90 Å². The zero-order chi connectivity index (χ0) is 25.3. The third kappa shape index (κ3) is 3.40. The predicted molar refractivity (Wildman–Crippen MR) is 133 cm³/mol. The number of nitrogens with zero attached hydrogens (tertiary/aromatic N) is 2. The quantitative estimate of drug-likeness (QED) is 0.285. The van der Waals surface area contributed by atoms with E-state index in [4.69, 9.17) is 4.74 Å². The molecule has 4 aliphatic rings. The van der Waals surface area contributed by atoms with Crippen LogP contribution in [0, 0.1) is 50.4 Å². The first-order valence-corrected chi connectivity index (χ1v) is 12.5. The van der Waals surface area contributed by atoms with E-state index in [0.717, 1.165) is 23.2 Å². The Balaban J connectivity index is 1.16. The molecule has 6 rings (SSSR count). The Labute approximate surface area is 209 Å². The van der Waals surface area contributed by atoms with Gasteiger partial charge in [-0.05, 0) is 80.0 Å². The molecule has 36 heavy (non-hydrogen) atoms. The molecule has 5 atom stereocenters. The highest BCUT2D eigenvalue weighted by molar-refractivity contribution is 6.23. The van der Waals surface area contributed by atoms with E-state index in [-0.39, 0.29) is 54.4 Å². The number of hydrogen-bond donors (Lipinski definition) is 0. The van der Waals surface area contributed by atoms with Crippen LogP contribution in [-0.2, 0) is 19.2 Å². The lowest BCUT2D eigenvalue weighted by Gasteiger charge is -2.20. The molecular formula is C29H28N2O5. The summed E-state index contributed by atoms with van der Waals surface area (Å²) in [4.78, 5) is 54.9. The van der Waals surface area contributed by atoms with Gasteiger partial charge in [-0.1, -0.05) is 24.3 Å². The Morgan fingerprint density at radius 1 is 0.861 bits per heavy atom. The standard InChI is InChI=1S/C29H28N2O5/c1-15-4-5-16(2)23(10-15)30-14-20(13-24(30)32)29(35)36-21-8-9-22(17(3)11-21)31-27(33)25-18-6-7-19(12-18)26(25)28(31)34/h4-11,18-20,25-26H,12-14H2,1-3H3/t18-,19-,20+,25-,26-/m0/s1. The molecule has 184 valence electrons. The SMILES string of the molecule is Cc1ccc(C)c(N2C[C@H](C(=O)Oc3ccc(N4C(=O)[C@@H]5[C@@H](C4=O)[C@H]4C=C[C@H]5C4)c(C)c3)CC2=O)c1. The highest BCUT2D eigenvalue weighted by Crippen LogP contribution is 2.53. The van der Waals surface area contributed by atoms with Crippen molar-refractivity contribution in [3.05, 3.63) is 65.2 Å². The zero-order valence-corrected chi connectivity index (χ0v) is 20.6. The van der Waals surface area contributed by atoms with Gasteiger partial charge in [-0.15, -0.1) is 0 Å². The van der Waals surface area contributed by atoms with Crippen molar-refractivity contribution in [1.29, 1.82) is 0 Å². The maximum atomic E-state index is 13.1. The van der Waals surface area contributed by atoms with Crippen LogP contribution < -0.4 is 14.5 Å². The van der Waals surface area contributed by atoms with Gasteiger partial charge in [0.2, 0.25) is 17.7 Å². The highest BCUT2D eigenvalue weighted by Gasteiger charge is 2.59. The van der Waals surface area contributed by atoms with Crippen LogP contribution in [0.5, 0.6) is 5.75 Å². The molecule has 7 heteroatoms. The van der Waals surface area contributed by atoms with E-state index in [0.29, 0.717) is 17.0 Å². The molecule has 0 radical (unpaired) electrons. The summed E-state index contributed by atoms with van der Waals surface area (Å²) in [6, 6.07) is 10.9. The topological polar surface area (TPSA) is 84.0 Å². The van der Waals surface area contributed by atoms with Crippen molar-refractivity contribution in [2.24, 2.45) is 29.6 Å². The third-order valence-electron chi connectivity index (χ3n) is 8.21. The van der Waals surface area contributed by atoms with E-state index in [1.807, 2.05) is 32.0 Å². The lowest BCUT2D eigenvalue weighted by atomic mass is 9.85. The molecule has 3 amide bonds. The number of amides is 3. The molecule has 2 aromatic rings. The molecule has 2 aliphatic heterocycles. The number of rotatable bonds is 4. The minimum atomic E-state index is -0.568. The third-order valence-corrected chi connectivity index (χ3v) is 8.21. The zero-order valence-electron chi connectivity index (χ0n) is 20.6. The molecule has 2 bridgehead atoms. The number of anilines is 2. The molecule has 7 nitrogen and oxygen atoms in total. The Hall–Kier alpha value is -3.74. The first-order chi connectivity index (χ1) is 17.2. The van der Waals surface area contributed by atoms with Gasteiger partial charge in [-0.2, -0.15) is 0 Å². The molecule has 2 heterocycles. The van der Waals surface area contributed by atoms with Crippen molar-refractivity contribution >= 4 is 35.1 Å². The van der Waals surface area contributed by atoms with Crippen molar-refractivity contribution < 1.29 is 23.9 Å². The number of carbonyl (C=O) groups excluding carboxylic acids is 4. The predicted octanol–water partition coefficient (Wildman–Crippen LogP) is 3.88. The van der Waals surface area contributed by atoms with Crippen LogP contribution in [0.2, 0.25) is 0 Å². The van der Waals surface area contributed by atoms with Gasteiger partial charge >= 0.3 is 5.97 Å². The van der Waals surface area contributed by atoms with Crippen LogP contribution in [0.3, 0.4) is 0 Å². The van der Waals surface area contributed by atoms with E-state index in [1.54, 1.807) is 30.0 Å². The molecular weight excluding hydrogens is 456 g/mol. The fourth-order valence-electron chi connectivity index (χ4n) is 6.39. The summed E-state index contributed by atoms with van der Waals surface area (Å²) in [7, 11) is 0.